The Kier molecular flexibility index (Phi) is 10.6. The SMILES string of the molecule is CCC(C)N(C(=O)C(CS)NC(=O)OC(C)(C)C)C(C(=O)Nc1c(C)cccc1C)c1cccc(C)c1O. The van der Waals surface area contributed by atoms with E-state index in [0.717, 1.165) is 11.1 Å². The summed E-state index contributed by atoms with van der Waals surface area (Å²) >= 11 is 4.32. The van der Waals surface area contributed by atoms with Gasteiger partial charge in [-0.25, -0.2) is 4.79 Å². The molecule has 0 aliphatic carbocycles. The van der Waals surface area contributed by atoms with Gasteiger partial charge in [0.2, 0.25) is 5.91 Å². The van der Waals surface area contributed by atoms with Gasteiger partial charge >= 0.3 is 6.09 Å². The predicted molar refractivity (Wildman–Crippen MR) is 154 cm³/mol. The highest BCUT2D eigenvalue weighted by molar-refractivity contribution is 7.80. The van der Waals surface area contributed by atoms with Gasteiger partial charge in [-0.2, -0.15) is 12.6 Å². The van der Waals surface area contributed by atoms with E-state index >= 15 is 0 Å². The molecule has 0 aliphatic heterocycles. The maximum atomic E-state index is 14.0. The summed E-state index contributed by atoms with van der Waals surface area (Å²) in [6, 6.07) is 8.12. The van der Waals surface area contributed by atoms with Gasteiger partial charge in [-0.15, -0.1) is 0 Å². The zero-order valence-corrected chi connectivity index (χ0v) is 24.5. The summed E-state index contributed by atoms with van der Waals surface area (Å²) in [7, 11) is 0. The molecule has 208 valence electrons. The van der Waals surface area contributed by atoms with Crippen LogP contribution in [0.5, 0.6) is 5.75 Å². The summed E-state index contributed by atoms with van der Waals surface area (Å²) in [5.74, 6) is -1.08. The fraction of sp³-hybridized carbons (Fsp3) is 0.483. The number of phenolic OH excluding ortho intramolecular Hbond substituents is 1. The highest BCUT2D eigenvalue weighted by Gasteiger charge is 2.39. The summed E-state index contributed by atoms with van der Waals surface area (Å²) in [4.78, 5) is 42.0. The molecule has 0 spiro atoms. The third-order valence-corrected chi connectivity index (χ3v) is 6.68. The molecule has 0 heterocycles. The van der Waals surface area contributed by atoms with Crippen LogP contribution in [0.15, 0.2) is 36.4 Å². The molecular formula is C29H41N3O5S. The molecule has 0 fully saturated rings. The van der Waals surface area contributed by atoms with Crippen molar-refractivity contribution in [1.82, 2.24) is 10.2 Å². The number of nitrogens with one attached hydrogen (secondary N) is 2. The van der Waals surface area contributed by atoms with Crippen LogP contribution in [0.2, 0.25) is 0 Å². The largest absolute Gasteiger partial charge is 0.507 e. The first-order chi connectivity index (χ1) is 17.7. The van der Waals surface area contributed by atoms with Crippen molar-refractivity contribution in [3.63, 3.8) is 0 Å². The van der Waals surface area contributed by atoms with Crippen molar-refractivity contribution in [2.24, 2.45) is 0 Å². The average Bonchev–Trinajstić information content (AvgIpc) is 2.83. The number of hydrogen-bond donors (Lipinski definition) is 4. The number of alkyl carbamates (subject to hydrolysis) is 1. The van der Waals surface area contributed by atoms with Gasteiger partial charge in [0.25, 0.3) is 5.91 Å². The summed E-state index contributed by atoms with van der Waals surface area (Å²) in [5, 5.41) is 16.6. The lowest BCUT2D eigenvalue weighted by atomic mass is 9.97. The second-order valence-corrected chi connectivity index (χ2v) is 10.9. The number of carbonyl (C=O) groups is 3. The van der Waals surface area contributed by atoms with Crippen LogP contribution in [0.4, 0.5) is 10.5 Å². The number of ether oxygens (including phenoxy) is 1. The maximum Gasteiger partial charge on any atom is 0.408 e. The highest BCUT2D eigenvalue weighted by Crippen LogP contribution is 2.35. The molecule has 2 aromatic carbocycles. The molecule has 0 saturated carbocycles. The molecule has 0 bridgehead atoms. The van der Waals surface area contributed by atoms with Crippen molar-refractivity contribution < 1.29 is 24.2 Å². The quantitative estimate of drug-likeness (QED) is 0.315. The first kappa shape index (κ1) is 31.0. The van der Waals surface area contributed by atoms with Crippen molar-refractivity contribution in [2.45, 2.75) is 85.5 Å². The Morgan fingerprint density at radius 3 is 2.11 bits per heavy atom. The second kappa shape index (κ2) is 13.0. The van der Waals surface area contributed by atoms with E-state index in [4.69, 9.17) is 4.74 Å². The average molecular weight is 544 g/mol. The minimum atomic E-state index is -1.18. The third kappa shape index (κ3) is 7.66. The number of phenols is 1. The third-order valence-electron chi connectivity index (χ3n) is 6.31. The maximum absolute atomic E-state index is 14.0. The Labute approximate surface area is 231 Å². The van der Waals surface area contributed by atoms with Gasteiger partial charge in [-0.1, -0.05) is 43.3 Å². The zero-order valence-electron chi connectivity index (χ0n) is 23.6. The van der Waals surface area contributed by atoms with Gasteiger partial charge in [0.05, 0.1) is 0 Å². The minimum Gasteiger partial charge on any atom is -0.507 e. The summed E-state index contributed by atoms with van der Waals surface area (Å²) in [6.07, 6.45) is -0.235. The molecule has 0 radical (unpaired) electrons. The molecule has 2 aromatic rings. The van der Waals surface area contributed by atoms with Crippen LogP contribution in [0.3, 0.4) is 0 Å². The van der Waals surface area contributed by atoms with Gasteiger partial charge in [-0.05, 0) is 71.6 Å². The number of rotatable bonds is 9. The fourth-order valence-corrected chi connectivity index (χ4v) is 4.38. The summed E-state index contributed by atoms with van der Waals surface area (Å²) in [6.45, 7) is 14.4. The predicted octanol–water partition coefficient (Wildman–Crippen LogP) is 5.45. The zero-order chi connectivity index (χ0) is 28.8. The number of hydrogen-bond acceptors (Lipinski definition) is 6. The molecule has 38 heavy (non-hydrogen) atoms. The second-order valence-electron chi connectivity index (χ2n) is 10.6. The lowest BCUT2D eigenvalue weighted by Crippen LogP contribution is -2.55. The molecule has 8 nitrogen and oxygen atoms in total. The van der Waals surface area contributed by atoms with Crippen LogP contribution < -0.4 is 10.6 Å². The van der Waals surface area contributed by atoms with Crippen LogP contribution in [-0.4, -0.2) is 51.4 Å². The number of carbonyl (C=O) groups excluding carboxylic acids is 3. The highest BCUT2D eigenvalue weighted by atomic mass is 32.1. The summed E-state index contributed by atoms with van der Waals surface area (Å²) in [5.41, 5.74) is 2.48. The number of aromatic hydroxyl groups is 1. The van der Waals surface area contributed by atoms with Crippen LogP contribution in [0.25, 0.3) is 0 Å². The Bertz CT molecular complexity index is 1140. The van der Waals surface area contributed by atoms with Crippen LogP contribution in [0, 0.1) is 20.8 Å². The Hall–Kier alpha value is -3.20. The molecular weight excluding hydrogens is 502 g/mol. The van der Waals surface area contributed by atoms with Crippen molar-refractivity contribution in [3.8, 4) is 5.75 Å². The minimum absolute atomic E-state index is 0.0178. The van der Waals surface area contributed by atoms with E-state index in [-0.39, 0.29) is 17.1 Å². The lowest BCUT2D eigenvalue weighted by molar-refractivity contribution is -0.143. The number of thiol groups is 1. The van der Waals surface area contributed by atoms with Gasteiger partial charge in [0.1, 0.15) is 23.4 Å². The standard InChI is InChI=1S/C29H41N3O5S/c1-9-20(5)32(27(35)22(16-38)30-28(36)37-29(6,7)8)24(21-15-11-14-19(4)25(21)33)26(34)31-23-17(2)12-10-13-18(23)3/h10-15,20,22,24,33,38H,9,16H2,1-8H3,(H,30,36)(H,31,34). The molecule has 0 saturated heterocycles. The van der Waals surface area contributed by atoms with Crippen LogP contribution >= 0.6 is 12.6 Å². The number of amides is 3. The van der Waals surface area contributed by atoms with Crippen molar-refractivity contribution >= 4 is 36.2 Å². The molecule has 2 rings (SSSR count). The number of benzene rings is 2. The lowest BCUT2D eigenvalue weighted by Gasteiger charge is -2.38. The molecule has 0 aromatic heterocycles. The molecule has 0 aliphatic rings. The van der Waals surface area contributed by atoms with Crippen molar-refractivity contribution in [2.75, 3.05) is 11.1 Å². The Morgan fingerprint density at radius 1 is 1.03 bits per heavy atom. The van der Waals surface area contributed by atoms with E-state index in [0.29, 0.717) is 17.7 Å². The Balaban J connectivity index is 2.62. The normalized spacial score (nSPS) is 13.7. The molecule has 9 heteroatoms. The summed E-state index contributed by atoms with van der Waals surface area (Å²) < 4.78 is 5.35. The number of para-hydroxylation sites is 2. The van der Waals surface area contributed by atoms with E-state index in [1.54, 1.807) is 45.9 Å². The van der Waals surface area contributed by atoms with Gasteiger partial charge in [-0.3, -0.25) is 9.59 Å². The first-order valence-electron chi connectivity index (χ1n) is 12.8. The number of aryl methyl sites for hydroxylation is 3. The van der Waals surface area contributed by atoms with E-state index in [2.05, 4.69) is 23.3 Å². The number of nitrogens with zero attached hydrogens (tertiary/aromatic N) is 1. The van der Waals surface area contributed by atoms with E-state index in [9.17, 15) is 19.5 Å². The number of anilines is 1. The van der Waals surface area contributed by atoms with E-state index in [1.165, 1.54) is 4.90 Å². The van der Waals surface area contributed by atoms with Crippen LogP contribution in [0.1, 0.15) is 69.3 Å². The van der Waals surface area contributed by atoms with Crippen molar-refractivity contribution in [1.29, 1.82) is 0 Å². The molecule has 3 atom stereocenters. The van der Waals surface area contributed by atoms with Crippen molar-refractivity contribution in [3.05, 3.63) is 58.7 Å². The smallest absolute Gasteiger partial charge is 0.408 e. The molecule has 3 amide bonds. The van der Waals surface area contributed by atoms with Crippen LogP contribution in [-0.2, 0) is 14.3 Å². The van der Waals surface area contributed by atoms with Gasteiger partial charge in [0, 0.05) is 23.0 Å². The van der Waals surface area contributed by atoms with Gasteiger partial charge < -0.3 is 25.4 Å². The van der Waals surface area contributed by atoms with E-state index in [1.807, 2.05) is 45.9 Å². The topological polar surface area (TPSA) is 108 Å². The van der Waals surface area contributed by atoms with E-state index < -0.39 is 41.6 Å². The first-order valence-corrected chi connectivity index (χ1v) is 13.4. The molecule has 3 N–H and O–H groups in total. The molecule has 3 unspecified atom stereocenters. The fourth-order valence-electron chi connectivity index (χ4n) is 4.13. The Morgan fingerprint density at radius 2 is 1.58 bits per heavy atom. The monoisotopic (exact) mass is 543 g/mol. The van der Waals surface area contributed by atoms with Gasteiger partial charge in [0.15, 0.2) is 0 Å².